The minimum absolute atomic E-state index is 0.0627. The first-order valence-corrected chi connectivity index (χ1v) is 15.1. The summed E-state index contributed by atoms with van der Waals surface area (Å²) >= 11 is 1.47. The molecule has 9 nitrogen and oxygen atoms in total. The summed E-state index contributed by atoms with van der Waals surface area (Å²) in [5, 5.41) is 8.42. The molecule has 2 aromatic rings. The molecule has 0 spiro atoms. The summed E-state index contributed by atoms with van der Waals surface area (Å²) in [5.74, 6) is 1.35. The van der Waals surface area contributed by atoms with Gasteiger partial charge in [0.2, 0.25) is 0 Å². The summed E-state index contributed by atoms with van der Waals surface area (Å²) in [6, 6.07) is 5.54. The van der Waals surface area contributed by atoms with Crippen LogP contribution in [0.2, 0.25) is 0 Å². The maximum atomic E-state index is 12.6. The van der Waals surface area contributed by atoms with E-state index in [-0.39, 0.29) is 23.6 Å². The molecule has 1 aromatic heterocycles. The number of hydrogen-bond acceptors (Lipinski definition) is 7. The van der Waals surface area contributed by atoms with Gasteiger partial charge in [0, 0.05) is 42.1 Å². The number of carbonyl (C=O) groups excluding carboxylic acids is 2. The van der Waals surface area contributed by atoms with Crippen LogP contribution in [-0.4, -0.2) is 66.6 Å². The predicted octanol–water partition coefficient (Wildman–Crippen LogP) is 6.86. The van der Waals surface area contributed by atoms with E-state index in [2.05, 4.69) is 42.5 Å². The molecule has 2 atom stereocenters. The lowest BCUT2D eigenvalue weighted by atomic mass is 9.91. The highest BCUT2D eigenvalue weighted by molar-refractivity contribution is 7.13. The number of aryl methyl sites for hydroxylation is 1. The van der Waals surface area contributed by atoms with Crippen molar-refractivity contribution in [3.63, 3.8) is 0 Å². The van der Waals surface area contributed by atoms with Crippen molar-refractivity contribution in [3.05, 3.63) is 29.1 Å². The number of rotatable bonds is 6. The third-order valence-corrected chi connectivity index (χ3v) is 7.34. The van der Waals surface area contributed by atoms with Crippen LogP contribution in [0.1, 0.15) is 72.8 Å². The molecule has 2 aliphatic heterocycles. The summed E-state index contributed by atoms with van der Waals surface area (Å²) in [5.41, 5.74) is 1.52. The van der Waals surface area contributed by atoms with Gasteiger partial charge in [0.25, 0.3) is 0 Å². The Hall–Kier alpha value is -2.85. The van der Waals surface area contributed by atoms with Gasteiger partial charge in [0.1, 0.15) is 22.2 Å². The Morgan fingerprint density at radius 1 is 1.27 bits per heavy atom. The van der Waals surface area contributed by atoms with Crippen LogP contribution in [0.4, 0.5) is 15.4 Å². The molecule has 3 amide bonds. The van der Waals surface area contributed by atoms with E-state index in [0.717, 1.165) is 54.4 Å². The third kappa shape index (κ3) is 9.66. The Balaban J connectivity index is 0.00000141. The lowest BCUT2D eigenvalue weighted by Crippen LogP contribution is -2.51. The second-order valence-corrected chi connectivity index (χ2v) is 12.8. The summed E-state index contributed by atoms with van der Waals surface area (Å²) in [6.07, 6.45) is 3.51. The number of ether oxygens (including phenoxy) is 3. The van der Waals surface area contributed by atoms with Gasteiger partial charge in [0.15, 0.2) is 0 Å². The molecule has 0 saturated carbocycles. The third-order valence-electron chi connectivity index (χ3n) is 6.45. The molecule has 2 fully saturated rings. The fourth-order valence-electron chi connectivity index (χ4n) is 4.41. The van der Waals surface area contributed by atoms with Crippen molar-refractivity contribution in [1.82, 2.24) is 15.2 Å². The zero-order valence-electron chi connectivity index (χ0n) is 25.1. The van der Waals surface area contributed by atoms with Gasteiger partial charge in [-0.2, -0.15) is 0 Å². The molecule has 2 aliphatic rings. The van der Waals surface area contributed by atoms with Crippen LogP contribution in [0.3, 0.4) is 0 Å². The fraction of sp³-hybridized carbons (Fsp3) is 0.633. The molecular weight excluding hydrogens is 528 g/mol. The molecule has 4 rings (SSSR count). The van der Waals surface area contributed by atoms with Gasteiger partial charge in [-0.25, -0.2) is 14.6 Å². The largest absolute Gasteiger partial charge is 0.493 e. The summed E-state index contributed by atoms with van der Waals surface area (Å²) in [6.45, 7) is 17.2. The fourth-order valence-corrected chi connectivity index (χ4v) is 5.16. The highest BCUT2D eigenvalue weighted by Gasteiger charge is 2.31. The molecule has 0 aliphatic carbocycles. The van der Waals surface area contributed by atoms with Gasteiger partial charge in [0.05, 0.1) is 13.2 Å². The van der Waals surface area contributed by atoms with Crippen molar-refractivity contribution < 1.29 is 23.8 Å². The Kier molecular flexibility index (Phi) is 11.2. The number of aromatic nitrogens is 1. The van der Waals surface area contributed by atoms with Crippen molar-refractivity contribution in [1.29, 1.82) is 0 Å². The Labute approximate surface area is 243 Å². The number of amides is 3. The van der Waals surface area contributed by atoms with E-state index in [1.54, 1.807) is 4.90 Å². The summed E-state index contributed by atoms with van der Waals surface area (Å²) in [4.78, 5) is 31.2. The van der Waals surface area contributed by atoms with E-state index < -0.39 is 5.60 Å². The number of nitrogens with zero attached hydrogens (tertiary/aromatic N) is 2. The Bertz CT molecular complexity index is 1120. The standard InChI is InChI=1S/C27H38N4O5S.C3H8/c1-18-13-19(8-9-21(18)35-17-27(5)10-12-34-16-27)23-29-22(15-37-23)30-24(32)28-20-7-6-11-31(14-20)25(33)36-26(2,3)4;1-3-2/h8-9,13,15,20H,6-7,10-12,14,16-17H2,1-5H3,(H2,28,30,32);3H2,1-2H3/t20-,27?;/m0./s1. The SMILES string of the molecule is CCC.Cc1cc(-c2nc(NC(=O)N[C@H]3CCCN(C(=O)OC(C)(C)C)C3)cs2)ccc1OCC1(C)CCOC1. The van der Waals surface area contributed by atoms with E-state index in [1.807, 2.05) is 45.2 Å². The monoisotopic (exact) mass is 574 g/mol. The average Bonchev–Trinajstić information content (AvgIpc) is 3.52. The van der Waals surface area contributed by atoms with Crippen LogP contribution in [0.15, 0.2) is 23.6 Å². The summed E-state index contributed by atoms with van der Waals surface area (Å²) in [7, 11) is 0. The highest BCUT2D eigenvalue weighted by atomic mass is 32.1. The Morgan fingerprint density at radius 3 is 2.67 bits per heavy atom. The first-order valence-electron chi connectivity index (χ1n) is 14.2. The van der Waals surface area contributed by atoms with Gasteiger partial charge in [-0.05, 0) is 70.7 Å². The van der Waals surface area contributed by atoms with Crippen LogP contribution in [0, 0.1) is 12.3 Å². The normalized spacial score (nSPS) is 20.8. The molecule has 2 N–H and O–H groups in total. The van der Waals surface area contributed by atoms with Crippen LogP contribution >= 0.6 is 11.3 Å². The average molecular weight is 575 g/mol. The highest BCUT2D eigenvalue weighted by Crippen LogP contribution is 2.32. The van der Waals surface area contributed by atoms with Gasteiger partial charge in [-0.1, -0.05) is 27.2 Å². The summed E-state index contributed by atoms with van der Waals surface area (Å²) < 4.78 is 17.1. The molecule has 40 heavy (non-hydrogen) atoms. The molecule has 2 saturated heterocycles. The molecule has 0 bridgehead atoms. The smallest absolute Gasteiger partial charge is 0.410 e. The molecule has 1 aromatic carbocycles. The number of anilines is 1. The minimum atomic E-state index is -0.549. The number of piperidine rings is 1. The molecule has 3 heterocycles. The zero-order chi connectivity index (χ0) is 29.3. The van der Waals surface area contributed by atoms with Gasteiger partial charge < -0.3 is 24.4 Å². The lowest BCUT2D eigenvalue weighted by molar-refractivity contribution is 0.0191. The van der Waals surface area contributed by atoms with Crippen molar-refractivity contribution in [3.8, 4) is 16.3 Å². The van der Waals surface area contributed by atoms with Crippen LogP contribution in [0.5, 0.6) is 5.75 Å². The van der Waals surface area contributed by atoms with Gasteiger partial charge in [-0.3, -0.25) is 5.32 Å². The van der Waals surface area contributed by atoms with Gasteiger partial charge in [-0.15, -0.1) is 11.3 Å². The van der Waals surface area contributed by atoms with E-state index >= 15 is 0 Å². The molecule has 222 valence electrons. The van der Waals surface area contributed by atoms with E-state index in [0.29, 0.717) is 25.5 Å². The molecule has 0 radical (unpaired) electrons. The van der Waals surface area contributed by atoms with E-state index in [1.165, 1.54) is 17.8 Å². The van der Waals surface area contributed by atoms with Crippen LogP contribution in [0.25, 0.3) is 10.6 Å². The number of urea groups is 1. The van der Waals surface area contributed by atoms with Gasteiger partial charge >= 0.3 is 12.1 Å². The number of nitrogens with one attached hydrogen (secondary N) is 2. The maximum Gasteiger partial charge on any atom is 0.410 e. The van der Waals surface area contributed by atoms with E-state index in [4.69, 9.17) is 14.2 Å². The first kappa shape index (κ1) is 31.7. The number of benzene rings is 1. The van der Waals surface area contributed by atoms with Crippen molar-refractivity contribution in [2.75, 3.05) is 38.2 Å². The number of likely N-dealkylation sites (tertiary alicyclic amines) is 1. The molecule has 1 unspecified atom stereocenters. The lowest BCUT2D eigenvalue weighted by Gasteiger charge is -2.34. The second kappa shape index (κ2) is 14.2. The van der Waals surface area contributed by atoms with Crippen LogP contribution in [-0.2, 0) is 9.47 Å². The topological polar surface area (TPSA) is 102 Å². The van der Waals surface area contributed by atoms with Crippen molar-refractivity contribution in [2.45, 2.75) is 85.8 Å². The Morgan fingerprint density at radius 2 is 2.02 bits per heavy atom. The predicted molar refractivity (Wildman–Crippen MR) is 160 cm³/mol. The quantitative estimate of drug-likeness (QED) is 0.391. The van der Waals surface area contributed by atoms with Crippen LogP contribution < -0.4 is 15.4 Å². The molecular formula is C30H46N4O5S. The number of hydrogen-bond donors (Lipinski definition) is 2. The van der Waals surface area contributed by atoms with Crippen molar-refractivity contribution >= 4 is 29.3 Å². The van der Waals surface area contributed by atoms with E-state index in [9.17, 15) is 9.59 Å². The number of carbonyl (C=O) groups is 2. The first-order chi connectivity index (χ1) is 18.9. The zero-order valence-corrected chi connectivity index (χ0v) is 25.9. The molecule has 10 heteroatoms. The van der Waals surface area contributed by atoms with Crippen molar-refractivity contribution in [2.24, 2.45) is 5.41 Å². The number of thiazole rings is 1. The minimum Gasteiger partial charge on any atom is -0.493 e. The second-order valence-electron chi connectivity index (χ2n) is 12.0. The maximum absolute atomic E-state index is 12.6.